The van der Waals surface area contributed by atoms with Gasteiger partial charge < -0.3 is 4.42 Å². The highest BCUT2D eigenvalue weighted by atomic mass is 16.3. The maximum absolute atomic E-state index is 12.4. The molecule has 3 heteroatoms. The Morgan fingerprint density at radius 1 is 1.26 bits per heavy atom. The average Bonchev–Trinajstić information content (AvgIpc) is 2.94. The number of ketones is 1. The number of para-hydroxylation sites is 1. The van der Waals surface area contributed by atoms with Crippen molar-refractivity contribution in [3.05, 3.63) is 65.7 Å². The normalized spacial score (nSPS) is 10.8. The van der Waals surface area contributed by atoms with Gasteiger partial charge >= 0.3 is 0 Å². The van der Waals surface area contributed by atoms with Crippen LogP contribution in [0.15, 0.2) is 53.3 Å². The average molecular weight is 251 g/mol. The van der Waals surface area contributed by atoms with E-state index in [1.807, 2.05) is 37.3 Å². The van der Waals surface area contributed by atoms with Crippen molar-refractivity contribution in [1.82, 2.24) is 4.98 Å². The molecule has 2 heterocycles. The van der Waals surface area contributed by atoms with E-state index in [1.54, 1.807) is 18.5 Å². The number of aryl methyl sites for hydroxylation is 1. The Morgan fingerprint density at radius 3 is 2.95 bits per heavy atom. The van der Waals surface area contributed by atoms with Crippen LogP contribution in [0.2, 0.25) is 0 Å². The fraction of sp³-hybridized carbons (Fsp3) is 0.125. The lowest BCUT2D eigenvalue weighted by atomic mass is 10.0. The highest BCUT2D eigenvalue weighted by Gasteiger charge is 2.15. The molecule has 0 aliphatic carbocycles. The van der Waals surface area contributed by atoms with Crippen LogP contribution < -0.4 is 0 Å². The summed E-state index contributed by atoms with van der Waals surface area (Å²) < 4.78 is 5.30. The predicted molar refractivity (Wildman–Crippen MR) is 73.3 cm³/mol. The van der Waals surface area contributed by atoms with Gasteiger partial charge in [-0.05, 0) is 18.2 Å². The van der Waals surface area contributed by atoms with Crippen molar-refractivity contribution in [3.8, 4) is 0 Å². The van der Waals surface area contributed by atoms with Crippen molar-refractivity contribution < 1.29 is 9.21 Å². The van der Waals surface area contributed by atoms with E-state index in [-0.39, 0.29) is 5.78 Å². The molecule has 3 rings (SSSR count). The summed E-state index contributed by atoms with van der Waals surface area (Å²) in [4.78, 5) is 16.7. The Kier molecular flexibility index (Phi) is 2.88. The van der Waals surface area contributed by atoms with Crippen LogP contribution in [-0.2, 0) is 6.42 Å². The molecule has 19 heavy (non-hydrogen) atoms. The molecular weight excluding hydrogens is 238 g/mol. The van der Waals surface area contributed by atoms with Gasteiger partial charge in [0.15, 0.2) is 5.78 Å². The summed E-state index contributed by atoms with van der Waals surface area (Å²) in [6, 6.07) is 11.3. The van der Waals surface area contributed by atoms with Crippen LogP contribution in [0, 0.1) is 0 Å². The van der Waals surface area contributed by atoms with Crippen LogP contribution >= 0.6 is 0 Å². The maximum atomic E-state index is 12.4. The SMILES string of the molecule is CCc1occc1C(=O)c1cnc2ccccc2c1. The first kappa shape index (κ1) is 11.7. The third-order valence-corrected chi connectivity index (χ3v) is 3.16. The number of hydrogen-bond acceptors (Lipinski definition) is 3. The van der Waals surface area contributed by atoms with Gasteiger partial charge in [0.05, 0.1) is 17.3 Å². The molecule has 0 unspecified atom stereocenters. The molecule has 0 aliphatic heterocycles. The zero-order valence-corrected chi connectivity index (χ0v) is 10.6. The highest BCUT2D eigenvalue weighted by Crippen LogP contribution is 2.19. The van der Waals surface area contributed by atoms with Crippen LogP contribution in [0.4, 0.5) is 0 Å². The van der Waals surface area contributed by atoms with Crippen molar-refractivity contribution in [1.29, 1.82) is 0 Å². The molecule has 0 bridgehead atoms. The Labute approximate surface area is 110 Å². The van der Waals surface area contributed by atoms with Gasteiger partial charge in [0.25, 0.3) is 0 Å². The molecule has 3 aromatic rings. The summed E-state index contributed by atoms with van der Waals surface area (Å²) in [5, 5.41) is 0.967. The van der Waals surface area contributed by atoms with Gasteiger partial charge in [-0.15, -0.1) is 0 Å². The van der Waals surface area contributed by atoms with E-state index in [2.05, 4.69) is 4.98 Å². The molecule has 94 valence electrons. The number of benzene rings is 1. The van der Waals surface area contributed by atoms with Crippen molar-refractivity contribution in [2.24, 2.45) is 0 Å². The second kappa shape index (κ2) is 4.69. The molecule has 0 radical (unpaired) electrons. The van der Waals surface area contributed by atoms with E-state index in [9.17, 15) is 4.79 Å². The molecule has 0 amide bonds. The Bertz CT molecular complexity index is 743. The van der Waals surface area contributed by atoms with E-state index in [0.29, 0.717) is 17.5 Å². The third-order valence-electron chi connectivity index (χ3n) is 3.16. The quantitative estimate of drug-likeness (QED) is 0.668. The Balaban J connectivity index is 2.06. The van der Waals surface area contributed by atoms with Gasteiger partial charge in [0, 0.05) is 23.6 Å². The minimum atomic E-state index is -0.0381. The van der Waals surface area contributed by atoms with Gasteiger partial charge in [-0.3, -0.25) is 9.78 Å². The lowest BCUT2D eigenvalue weighted by molar-refractivity contribution is 0.103. The minimum Gasteiger partial charge on any atom is -0.469 e. The summed E-state index contributed by atoms with van der Waals surface area (Å²) in [7, 11) is 0. The van der Waals surface area contributed by atoms with Crippen molar-refractivity contribution in [2.45, 2.75) is 13.3 Å². The predicted octanol–water partition coefficient (Wildman–Crippen LogP) is 3.62. The van der Waals surface area contributed by atoms with Crippen LogP contribution in [0.25, 0.3) is 10.9 Å². The molecule has 0 saturated carbocycles. The molecular formula is C16H13NO2. The van der Waals surface area contributed by atoms with Gasteiger partial charge in [0.1, 0.15) is 5.76 Å². The highest BCUT2D eigenvalue weighted by molar-refractivity contribution is 6.10. The zero-order valence-electron chi connectivity index (χ0n) is 10.6. The number of pyridine rings is 1. The fourth-order valence-electron chi connectivity index (χ4n) is 2.17. The first-order valence-electron chi connectivity index (χ1n) is 6.25. The van der Waals surface area contributed by atoms with E-state index < -0.39 is 0 Å². The summed E-state index contributed by atoms with van der Waals surface area (Å²) in [5.41, 5.74) is 2.11. The monoisotopic (exact) mass is 251 g/mol. The maximum Gasteiger partial charge on any atom is 0.198 e. The van der Waals surface area contributed by atoms with Crippen molar-refractivity contribution in [2.75, 3.05) is 0 Å². The second-order valence-corrected chi connectivity index (χ2v) is 4.36. The van der Waals surface area contributed by atoms with Crippen LogP contribution in [0.1, 0.15) is 28.6 Å². The minimum absolute atomic E-state index is 0.0381. The smallest absolute Gasteiger partial charge is 0.198 e. The summed E-state index contributed by atoms with van der Waals surface area (Å²) in [6.45, 7) is 1.97. The molecule has 0 atom stereocenters. The molecule has 1 aromatic carbocycles. The third kappa shape index (κ3) is 2.03. The molecule has 0 spiro atoms. The number of hydrogen-bond donors (Lipinski definition) is 0. The van der Waals surface area contributed by atoms with Crippen LogP contribution in [0.5, 0.6) is 0 Å². The second-order valence-electron chi connectivity index (χ2n) is 4.36. The number of carbonyl (C=O) groups is 1. The van der Waals surface area contributed by atoms with Crippen molar-refractivity contribution >= 4 is 16.7 Å². The molecule has 3 nitrogen and oxygen atoms in total. The fourth-order valence-corrected chi connectivity index (χ4v) is 2.17. The molecule has 0 aliphatic rings. The molecule has 0 saturated heterocycles. The lowest BCUT2D eigenvalue weighted by Crippen LogP contribution is -2.03. The molecule has 0 N–H and O–H groups in total. The number of furan rings is 1. The van der Waals surface area contributed by atoms with E-state index in [0.717, 1.165) is 16.7 Å². The summed E-state index contributed by atoms with van der Waals surface area (Å²) in [5.74, 6) is 0.682. The number of rotatable bonds is 3. The number of nitrogens with zero attached hydrogens (tertiary/aromatic N) is 1. The Hall–Kier alpha value is -2.42. The van der Waals surface area contributed by atoms with Gasteiger partial charge in [-0.25, -0.2) is 0 Å². The van der Waals surface area contributed by atoms with E-state index >= 15 is 0 Å². The summed E-state index contributed by atoms with van der Waals surface area (Å²) in [6.07, 6.45) is 3.88. The van der Waals surface area contributed by atoms with Gasteiger partial charge in [-0.1, -0.05) is 25.1 Å². The van der Waals surface area contributed by atoms with Gasteiger partial charge in [-0.2, -0.15) is 0 Å². The van der Waals surface area contributed by atoms with Crippen molar-refractivity contribution in [3.63, 3.8) is 0 Å². The van der Waals surface area contributed by atoms with E-state index in [1.165, 1.54) is 0 Å². The van der Waals surface area contributed by atoms with E-state index in [4.69, 9.17) is 4.42 Å². The Morgan fingerprint density at radius 2 is 2.11 bits per heavy atom. The molecule has 0 fully saturated rings. The molecule has 2 aromatic heterocycles. The topological polar surface area (TPSA) is 43.1 Å². The first-order valence-corrected chi connectivity index (χ1v) is 6.25. The standard InChI is InChI=1S/C16H13NO2/c1-2-15-13(7-8-19-15)16(18)12-9-11-5-3-4-6-14(11)17-10-12/h3-10H,2H2,1H3. The number of fused-ring (bicyclic) bond motifs is 1. The number of carbonyl (C=O) groups excluding carboxylic acids is 1. The zero-order chi connectivity index (χ0) is 13.2. The van der Waals surface area contributed by atoms with Gasteiger partial charge in [0.2, 0.25) is 0 Å². The number of aromatic nitrogens is 1. The first-order chi connectivity index (χ1) is 9.29. The lowest BCUT2D eigenvalue weighted by Gasteiger charge is -2.02. The van der Waals surface area contributed by atoms with Crippen LogP contribution in [-0.4, -0.2) is 10.8 Å². The largest absolute Gasteiger partial charge is 0.469 e. The van der Waals surface area contributed by atoms with Crippen LogP contribution in [0.3, 0.4) is 0 Å². The summed E-state index contributed by atoms with van der Waals surface area (Å²) >= 11 is 0.